The maximum absolute atomic E-state index is 12.7. The van der Waals surface area contributed by atoms with Crippen molar-refractivity contribution >= 4 is 5.91 Å². The number of carbonyl (C=O) groups is 1. The van der Waals surface area contributed by atoms with Gasteiger partial charge >= 0.3 is 0 Å². The molecule has 0 radical (unpaired) electrons. The number of carbonyl (C=O) groups excluding carboxylic acids is 1. The summed E-state index contributed by atoms with van der Waals surface area (Å²) in [6.45, 7) is 6.41. The Morgan fingerprint density at radius 3 is 2.90 bits per heavy atom. The first-order valence-electron chi connectivity index (χ1n) is 7.08. The molecule has 0 aromatic carbocycles. The summed E-state index contributed by atoms with van der Waals surface area (Å²) < 4.78 is 10.2. The van der Waals surface area contributed by atoms with Gasteiger partial charge < -0.3 is 19.5 Å². The Morgan fingerprint density at radius 1 is 1.55 bits per heavy atom. The van der Waals surface area contributed by atoms with Crippen LogP contribution in [0.2, 0.25) is 0 Å². The van der Waals surface area contributed by atoms with Crippen LogP contribution < -0.4 is 5.32 Å². The second-order valence-electron chi connectivity index (χ2n) is 5.24. The molecule has 1 N–H and O–H groups in total. The molecule has 0 aliphatic carbocycles. The van der Waals surface area contributed by atoms with E-state index < -0.39 is 0 Å². The summed E-state index contributed by atoms with van der Waals surface area (Å²) in [6, 6.07) is 0.372. The smallest absolute Gasteiger partial charge is 0.259 e. The number of nitrogens with zero attached hydrogens (tertiary/aromatic N) is 2. The third-order valence-corrected chi connectivity index (χ3v) is 3.70. The van der Waals surface area contributed by atoms with Gasteiger partial charge in [-0.2, -0.15) is 0 Å². The van der Waals surface area contributed by atoms with Crippen LogP contribution in [0.5, 0.6) is 0 Å². The fourth-order valence-corrected chi connectivity index (χ4v) is 2.60. The van der Waals surface area contributed by atoms with Crippen LogP contribution in [-0.4, -0.2) is 55.4 Å². The number of nitrogens with one attached hydrogen (secondary N) is 1. The minimum atomic E-state index is -0.0213. The van der Waals surface area contributed by atoms with Crippen molar-refractivity contribution in [2.24, 2.45) is 0 Å². The largest absolute Gasteiger partial charge is 0.383 e. The van der Waals surface area contributed by atoms with Crippen LogP contribution in [0, 0.1) is 13.8 Å². The lowest BCUT2D eigenvalue weighted by atomic mass is 10.1. The molecule has 1 atom stereocenters. The lowest BCUT2D eigenvalue weighted by molar-refractivity contribution is 0.0677. The Kier molecular flexibility index (Phi) is 5.14. The van der Waals surface area contributed by atoms with Crippen molar-refractivity contribution in [3.63, 3.8) is 0 Å². The third-order valence-electron chi connectivity index (χ3n) is 3.70. The summed E-state index contributed by atoms with van der Waals surface area (Å²) in [5.41, 5.74) is 1.23. The number of ether oxygens (including phenoxy) is 1. The van der Waals surface area contributed by atoms with Crippen LogP contribution in [0.3, 0.4) is 0 Å². The first kappa shape index (κ1) is 15.0. The molecule has 0 bridgehead atoms. The van der Waals surface area contributed by atoms with Gasteiger partial charge in [-0.1, -0.05) is 5.16 Å². The molecule has 112 valence electrons. The van der Waals surface area contributed by atoms with E-state index in [9.17, 15) is 4.79 Å². The van der Waals surface area contributed by atoms with Crippen LogP contribution in [0.1, 0.15) is 34.7 Å². The molecule has 1 amide bonds. The van der Waals surface area contributed by atoms with E-state index >= 15 is 0 Å². The molecule has 1 unspecified atom stereocenters. The maximum Gasteiger partial charge on any atom is 0.259 e. The van der Waals surface area contributed by atoms with Crippen molar-refractivity contribution in [1.82, 2.24) is 15.4 Å². The lowest BCUT2D eigenvalue weighted by Gasteiger charge is -2.25. The quantitative estimate of drug-likeness (QED) is 0.846. The van der Waals surface area contributed by atoms with Crippen molar-refractivity contribution in [3.8, 4) is 0 Å². The molecule has 2 rings (SSSR count). The predicted octanol–water partition coefficient (Wildman–Crippen LogP) is 1.13. The fraction of sp³-hybridized carbons (Fsp3) is 0.714. The molecule has 0 spiro atoms. The highest BCUT2D eigenvalue weighted by Crippen LogP contribution is 2.16. The van der Waals surface area contributed by atoms with Gasteiger partial charge in [-0.05, 0) is 33.2 Å². The van der Waals surface area contributed by atoms with Gasteiger partial charge in [-0.3, -0.25) is 4.79 Å². The molecular weight excluding hydrogens is 258 g/mol. The average molecular weight is 281 g/mol. The lowest BCUT2D eigenvalue weighted by Crippen LogP contribution is -2.43. The van der Waals surface area contributed by atoms with E-state index in [-0.39, 0.29) is 5.91 Å². The fourth-order valence-electron chi connectivity index (χ4n) is 2.60. The second kappa shape index (κ2) is 6.85. The first-order chi connectivity index (χ1) is 9.63. The van der Waals surface area contributed by atoms with Crippen molar-refractivity contribution in [2.45, 2.75) is 32.7 Å². The van der Waals surface area contributed by atoms with Crippen LogP contribution >= 0.6 is 0 Å². The standard InChI is InChI=1S/C14H23N3O3/c1-10-13(11(2)20-16-10)14(18)17(7-8-19-3)9-12-5-4-6-15-12/h12,15H,4-9H2,1-3H3. The molecule has 1 aliphatic heterocycles. The number of aromatic nitrogens is 1. The molecule has 2 heterocycles. The van der Waals surface area contributed by atoms with E-state index in [1.807, 2.05) is 4.90 Å². The molecule has 1 aliphatic rings. The van der Waals surface area contributed by atoms with Crippen molar-refractivity contribution in [1.29, 1.82) is 0 Å². The zero-order valence-corrected chi connectivity index (χ0v) is 12.4. The normalized spacial score (nSPS) is 18.4. The van der Waals surface area contributed by atoms with Gasteiger partial charge in [0.2, 0.25) is 0 Å². The number of hydrogen-bond acceptors (Lipinski definition) is 5. The van der Waals surface area contributed by atoms with Gasteiger partial charge in [-0.25, -0.2) is 0 Å². The van der Waals surface area contributed by atoms with Gasteiger partial charge in [0.1, 0.15) is 11.3 Å². The minimum Gasteiger partial charge on any atom is -0.383 e. The number of aryl methyl sites for hydroxylation is 2. The first-order valence-corrected chi connectivity index (χ1v) is 7.08. The zero-order valence-electron chi connectivity index (χ0n) is 12.4. The maximum atomic E-state index is 12.7. The summed E-state index contributed by atoms with van der Waals surface area (Å²) in [5, 5.41) is 7.28. The molecule has 1 aromatic rings. The molecule has 0 saturated carbocycles. The van der Waals surface area contributed by atoms with Crippen LogP contribution in [-0.2, 0) is 4.74 Å². The Bertz CT molecular complexity index is 433. The highest BCUT2D eigenvalue weighted by atomic mass is 16.5. The van der Waals surface area contributed by atoms with Gasteiger partial charge in [0.25, 0.3) is 5.91 Å². The second-order valence-corrected chi connectivity index (χ2v) is 5.24. The number of rotatable bonds is 6. The Labute approximate surface area is 119 Å². The summed E-state index contributed by atoms with van der Waals surface area (Å²) in [5.74, 6) is 0.557. The number of amides is 1. The molecule has 6 nitrogen and oxygen atoms in total. The molecule has 20 heavy (non-hydrogen) atoms. The Hall–Kier alpha value is -1.40. The minimum absolute atomic E-state index is 0.0213. The molecule has 1 fully saturated rings. The van der Waals surface area contributed by atoms with E-state index in [0.717, 1.165) is 13.0 Å². The van der Waals surface area contributed by atoms with Crippen LogP contribution in [0.15, 0.2) is 4.52 Å². The van der Waals surface area contributed by atoms with Crippen molar-refractivity contribution < 1.29 is 14.1 Å². The monoisotopic (exact) mass is 281 g/mol. The summed E-state index contributed by atoms with van der Waals surface area (Å²) in [4.78, 5) is 14.5. The highest BCUT2D eigenvalue weighted by molar-refractivity contribution is 5.96. The van der Waals surface area contributed by atoms with E-state index in [4.69, 9.17) is 9.26 Å². The molecule has 1 aromatic heterocycles. The number of methoxy groups -OCH3 is 1. The van der Waals surface area contributed by atoms with E-state index in [2.05, 4.69) is 10.5 Å². The Balaban J connectivity index is 2.10. The molecule has 1 saturated heterocycles. The topological polar surface area (TPSA) is 67.6 Å². The SMILES string of the molecule is COCCN(CC1CCCN1)C(=O)c1c(C)noc1C. The Morgan fingerprint density at radius 2 is 2.35 bits per heavy atom. The van der Waals surface area contributed by atoms with Crippen LogP contribution in [0.4, 0.5) is 0 Å². The van der Waals surface area contributed by atoms with E-state index in [0.29, 0.717) is 42.8 Å². The van der Waals surface area contributed by atoms with Gasteiger partial charge in [-0.15, -0.1) is 0 Å². The van der Waals surface area contributed by atoms with Gasteiger partial charge in [0.15, 0.2) is 0 Å². The molecule has 6 heteroatoms. The summed E-state index contributed by atoms with van der Waals surface area (Å²) >= 11 is 0. The van der Waals surface area contributed by atoms with Crippen molar-refractivity contribution in [2.75, 3.05) is 33.4 Å². The summed E-state index contributed by atoms with van der Waals surface area (Å²) in [6.07, 6.45) is 2.28. The van der Waals surface area contributed by atoms with E-state index in [1.54, 1.807) is 21.0 Å². The highest BCUT2D eigenvalue weighted by Gasteiger charge is 2.26. The van der Waals surface area contributed by atoms with Crippen LogP contribution in [0.25, 0.3) is 0 Å². The average Bonchev–Trinajstić information content (AvgIpc) is 3.04. The third kappa shape index (κ3) is 3.37. The summed E-state index contributed by atoms with van der Waals surface area (Å²) in [7, 11) is 1.65. The van der Waals surface area contributed by atoms with Gasteiger partial charge in [0, 0.05) is 26.2 Å². The molecular formula is C14H23N3O3. The predicted molar refractivity (Wildman–Crippen MR) is 74.8 cm³/mol. The van der Waals surface area contributed by atoms with Gasteiger partial charge in [0.05, 0.1) is 12.3 Å². The van der Waals surface area contributed by atoms with E-state index in [1.165, 1.54) is 6.42 Å². The zero-order chi connectivity index (χ0) is 14.5. The van der Waals surface area contributed by atoms with Crippen molar-refractivity contribution in [3.05, 3.63) is 17.0 Å². The number of hydrogen-bond donors (Lipinski definition) is 1.